The number of ether oxygens (including phenoxy) is 1. The highest BCUT2D eigenvalue weighted by molar-refractivity contribution is 6.00. The minimum atomic E-state index is 0.0550. The van der Waals surface area contributed by atoms with Crippen molar-refractivity contribution in [2.24, 2.45) is 10.9 Å². The third-order valence-corrected chi connectivity index (χ3v) is 4.18. The quantitative estimate of drug-likeness (QED) is 0.368. The fraction of sp³-hybridized carbons (Fsp3) is 0.571. The number of amidine groups is 1. The summed E-state index contributed by atoms with van der Waals surface area (Å²) in [4.78, 5) is 6.58. The van der Waals surface area contributed by atoms with Crippen molar-refractivity contribution in [3.8, 4) is 0 Å². The molecule has 6 nitrogen and oxygen atoms in total. The van der Waals surface area contributed by atoms with E-state index in [4.69, 9.17) is 15.7 Å². The van der Waals surface area contributed by atoms with Gasteiger partial charge in [0.05, 0.1) is 24.4 Å². The molecule has 2 aliphatic rings. The first-order chi connectivity index (χ1) is 9.81. The first-order valence-electron chi connectivity index (χ1n) is 7.12. The Morgan fingerprint density at radius 2 is 2.30 bits per heavy atom. The van der Waals surface area contributed by atoms with Gasteiger partial charge in [-0.15, -0.1) is 0 Å². The SMILES string of the molecule is N/C(=N/O)c1ncccc1N1CCOC2CCCCC21. The van der Waals surface area contributed by atoms with Crippen LogP contribution in [-0.2, 0) is 4.74 Å². The molecule has 2 fully saturated rings. The molecule has 1 aromatic heterocycles. The highest BCUT2D eigenvalue weighted by atomic mass is 16.5. The van der Waals surface area contributed by atoms with Gasteiger partial charge in [0.15, 0.2) is 5.84 Å². The molecule has 0 aromatic carbocycles. The molecule has 0 amide bonds. The number of morpholine rings is 1. The number of hydrogen-bond donors (Lipinski definition) is 2. The van der Waals surface area contributed by atoms with E-state index in [9.17, 15) is 0 Å². The molecule has 3 N–H and O–H groups in total. The summed E-state index contributed by atoms with van der Waals surface area (Å²) < 4.78 is 5.89. The van der Waals surface area contributed by atoms with Crippen molar-refractivity contribution in [1.82, 2.24) is 4.98 Å². The zero-order chi connectivity index (χ0) is 13.9. The van der Waals surface area contributed by atoms with E-state index in [0.29, 0.717) is 18.3 Å². The van der Waals surface area contributed by atoms with E-state index in [1.165, 1.54) is 12.8 Å². The van der Waals surface area contributed by atoms with Crippen LogP contribution in [0.15, 0.2) is 23.5 Å². The second kappa shape index (κ2) is 5.66. The number of pyridine rings is 1. The lowest BCUT2D eigenvalue weighted by Crippen LogP contribution is -2.53. The van der Waals surface area contributed by atoms with Crippen LogP contribution < -0.4 is 10.6 Å². The lowest BCUT2D eigenvalue weighted by atomic mass is 9.89. The molecule has 1 aliphatic carbocycles. The molecule has 0 bridgehead atoms. The predicted molar refractivity (Wildman–Crippen MR) is 76.1 cm³/mol. The molecule has 0 radical (unpaired) electrons. The van der Waals surface area contributed by atoms with Crippen molar-refractivity contribution >= 4 is 11.5 Å². The van der Waals surface area contributed by atoms with Gasteiger partial charge in [0.2, 0.25) is 0 Å². The van der Waals surface area contributed by atoms with Gasteiger partial charge in [0, 0.05) is 12.7 Å². The molecule has 1 saturated carbocycles. The number of nitrogens with zero attached hydrogens (tertiary/aromatic N) is 3. The second-order valence-electron chi connectivity index (χ2n) is 5.31. The van der Waals surface area contributed by atoms with Crippen LogP contribution in [0, 0.1) is 0 Å². The van der Waals surface area contributed by atoms with Gasteiger partial charge < -0.3 is 20.6 Å². The highest BCUT2D eigenvalue weighted by Crippen LogP contribution is 2.32. The van der Waals surface area contributed by atoms with Crippen LogP contribution in [0.1, 0.15) is 31.4 Å². The molecule has 3 rings (SSSR count). The molecule has 6 heteroatoms. The number of oxime groups is 1. The monoisotopic (exact) mass is 276 g/mol. The molecule has 2 atom stereocenters. The van der Waals surface area contributed by atoms with Crippen molar-refractivity contribution in [1.29, 1.82) is 0 Å². The van der Waals surface area contributed by atoms with Crippen LogP contribution in [0.25, 0.3) is 0 Å². The Hall–Kier alpha value is -1.82. The number of rotatable bonds is 2. The molecule has 1 aliphatic heterocycles. The average Bonchev–Trinajstić information content (AvgIpc) is 2.53. The summed E-state index contributed by atoms with van der Waals surface area (Å²) in [6, 6.07) is 4.24. The maximum atomic E-state index is 8.92. The number of anilines is 1. The fourth-order valence-electron chi connectivity index (χ4n) is 3.27. The van der Waals surface area contributed by atoms with Crippen molar-refractivity contribution in [3.63, 3.8) is 0 Å². The molecule has 108 valence electrons. The van der Waals surface area contributed by atoms with Crippen molar-refractivity contribution < 1.29 is 9.94 Å². The standard InChI is InChI=1S/C14H20N4O2/c15-14(17-19)13-11(5-3-7-16-13)18-8-9-20-12-6-2-1-4-10(12)18/h3,5,7,10,12,19H,1-2,4,6,8-9H2,(H2,15,17). The van der Waals surface area contributed by atoms with Crippen molar-refractivity contribution in [2.45, 2.75) is 37.8 Å². The van der Waals surface area contributed by atoms with E-state index >= 15 is 0 Å². The Labute approximate surface area is 118 Å². The van der Waals surface area contributed by atoms with Gasteiger partial charge in [0.1, 0.15) is 5.69 Å². The third kappa shape index (κ3) is 2.31. The van der Waals surface area contributed by atoms with Crippen LogP contribution in [-0.4, -0.2) is 41.3 Å². The van der Waals surface area contributed by atoms with Crippen LogP contribution in [0.2, 0.25) is 0 Å². The molecular weight excluding hydrogens is 256 g/mol. The summed E-state index contributed by atoms with van der Waals surface area (Å²) in [5.74, 6) is 0.0550. The molecule has 0 spiro atoms. The average molecular weight is 276 g/mol. The molecule has 20 heavy (non-hydrogen) atoms. The van der Waals surface area contributed by atoms with Gasteiger partial charge in [-0.25, -0.2) is 0 Å². The molecule has 2 unspecified atom stereocenters. The van der Waals surface area contributed by atoms with E-state index in [-0.39, 0.29) is 11.9 Å². The van der Waals surface area contributed by atoms with E-state index < -0.39 is 0 Å². The van der Waals surface area contributed by atoms with Gasteiger partial charge >= 0.3 is 0 Å². The predicted octanol–water partition coefficient (Wildman–Crippen LogP) is 1.32. The third-order valence-electron chi connectivity index (χ3n) is 4.18. The Kier molecular flexibility index (Phi) is 3.73. The van der Waals surface area contributed by atoms with Crippen LogP contribution in [0.3, 0.4) is 0 Å². The number of fused-ring (bicyclic) bond motifs is 1. The summed E-state index contributed by atoms with van der Waals surface area (Å²) in [6.07, 6.45) is 6.64. The van der Waals surface area contributed by atoms with Gasteiger partial charge in [-0.3, -0.25) is 4.98 Å². The highest BCUT2D eigenvalue weighted by Gasteiger charge is 2.35. The summed E-state index contributed by atoms with van der Waals surface area (Å²) in [7, 11) is 0. The minimum absolute atomic E-state index is 0.0550. The van der Waals surface area contributed by atoms with E-state index in [0.717, 1.165) is 25.1 Å². The number of hydrogen-bond acceptors (Lipinski definition) is 5. The van der Waals surface area contributed by atoms with Crippen molar-refractivity contribution in [2.75, 3.05) is 18.1 Å². The summed E-state index contributed by atoms with van der Waals surface area (Å²) >= 11 is 0. The molecule has 1 saturated heterocycles. The van der Waals surface area contributed by atoms with Gasteiger partial charge in [-0.2, -0.15) is 0 Å². The van der Waals surface area contributed by atoms with Gasteiger partial charge in [0.25, 0.3) is 0 Å². The lowest BCUT2D eigenvalue weighted by molar-refractivity contribution is -0.00871. The number of aromatic nitrogens is 1. The lowest BCUT2D eigenvalue weighted by Gasteiger charge is -2.45. The zero-order valence-electron chi connectivity index (χ0n) is 11.4. The van der Waals surface area contributed by atoms with Gasteiger partial charge in [-0.1, -0.05) is 18.0 Å². The Balaban J connectivity index is 1.95. The van der Waals surface area contributed by atoms with Crippen molar-refractivity contribution in [3.05, 3.63) is 24.0 Å². The number of nitrogens with two attached hydrogens (primary N) is 1. The molecular formula is C14H20N4O2. The van der Waals surface area contributed by atoms with Crippen LogP contribution >= 0.6 is 0 Å². The Bertz CT molecular complexity index is 504. The first kappa shape index (κ1) is 13.2. The molecule has 2 heterocycles. The topological polar surface area (TPSA) is 84.0 Å². The Morgan fingerprint density at radius 1 is 1.45 bits per heavy atom. The molecule has 1 aromatic rings. The normalized spacial score (nSPS) is 27.2. The summed E-state index contributed by atoms with van der Waals surface area (Å²) in [6.45, 7) is 1.53. The second-order valence-corrected chi connectivity index (χ2v) is 5.31. The minimum Gasteiger partial charge on any atom is -0.409 e. The van der Waals surface area contributed by atoms with E-state index in [1.54, 1.807) is 6.20 Å². The summed E-state index contributed by atoms with van der Waals surface area (Å²) in [5, 5.41) is 12.0. The summed E-state index contributed by atoms with van der Waals surface area (Å²) in [5.41, 5.74) is 7.23. The van der Waals surface area contributed by atoms with Crippen LogP contribution in [0.5, 0.6) is 0 Å². The smallest absolute Gasteiger partial charge is 0.190 e. The first-order valence-corrected chi connectivity index (χ1v) is 7.12. The van der Waals surface area contributed by atoms with E-state index in [2.05, 4.69) is 15.0 Å². The largest absolute Gasteiger partial charge is 0.409 e. The maximum Gasteiger partial charge on any atom is 0.190 e. The van der Waals surface area contributed by atoms with Crippen LogP contribution in [0.4, 0.5) is 5.69 Å². The van der Waals surface area contributed by atoms with Gasteiger partial charge in [-0.05, 0) is 25.0 Å². The Morgan fingerprint density at radius 3 is 3.15 bits per heavy atom. The zero-order valence-corrected chi connectivity index (χ0v) is 11.4. The maximum absolute atomic E-state index is 8.92. The van der Waals surface area contributed by atoms with E-state index in [1.807, 2.05) is 12.1 Å². The fourth-order valence-corrected chi connectivity index (χ4v) is 3.27.